The second-order valence-corrected chi connectivity index (χ2v) is 7.70. The Morgan fingerprint density at radius 1 is 1.22 bits per heavy atom. The van der Waals surface area contributed by atoms with E-state index >= 15 is 0 Å². The van der Waals surface area contributed by atoms with Crippen molar-refractivity contribution in [1.82, 2.24) is 14.8 Å². The van der Waals surface area contributed by atoms with E-state index in [2.05, 4.69) is 22.1 Å². The number of thiazole rings is 1. The van der Waals surface area contributed by atoms with Gasteiger partial charge in [-0.2, -0.15) is 0 Å². The lowest BCUT2D eigenvalue weighted by molar-refractivity contribution is -0.116. The van der Waals surface area contributed by atoms with E-state index in [4.69, 9.17) is 0 Å². The minimum atomic E-state index is -0.340. The summed E-state index contributed by atoms with van der Waals surface area (Å²) < 4.78 is 0. The average Bonchev–Trinajstić information content (AvgIpc) is 3.18. The first-order chi connectivity index (χ1) is 13.1. The fourth-order valence-electron chi connectivity index (χ4n) is 3.41. The number of imide groups is 1. The standard InChI is InChI=1S/C19H20N4O3S/c1-2-22-9-7-14-15(11-22)27-19(20-14)21-16(24)8-10-23-17(25)12-5-3-4-6-13(12)18(23)26/h3-6H,2,7-11H2,1H3,(H,20,21,24). The summed E-state index contributed by atoms with van der Waals surface area (Å²) in [4.78, 5) is 46.1. The number of anilines is 1. The lowest BCUT2D eigenvalue weighted by Gasteiger charge is -2.23. The highest BCUT2D eigenvalue weighted by atomic mass is 32.1. The molecule has 8 heteroatoms. The van der Waals surface area contributed by atoms with Gasteiger partial charge in [0.05, 0.1) is 16.8 Å². The van der Waals surface area contributed by atoms with Crippen LogP contribution in [0.5, 0.6) is 0 Å². The van der Waals surface area contributed by atoms with Crippen molar-refractivity contribution in [3.63, 3.8) is 0 Å². The van der Waals surface area contributed by atoms with Gasteiger partial charge in [0, 0.05) is 37.4 Å². The van der Waals surface area contributed by atoms with Crippen molar-refractivity contribution in [1.29, 1.82) is 0 Å². The monoisotopic (exact) mass is 384 g/mol. The number of hydrogen-bond acceptors (Lipinski definition) is 6. The van der Waals surface area contributed by atoms with E-state index in [1.54, 1.807) is 24.3 Å². The number of fused-ring (bicyclic) bond motifs is 2. The summed E-state index contributed by atoms with van der Waals surface area (Å²) in [5, 5.41) is 3.40. The van der Waals surface area contributed by atoms with Gasteiger partial charge in [-0.3, -0.25) is 24.2 Å². The van der Waals surface area contributed by atoms with Gasteiger partial charge in [0.25, 0.3) is 11.8 Å². The van der Waals surface area contributed by atoms with Crippen molar-refractivity contribution in [2.45, 2.75) is 26.3 Å². The molecule has 140 valence electrons. The average molecular weight is 384 g/mol. The summed E-state index contributed by atoms with van der Waals surface area (Å²) in [6, 6.07) is 6.72. The predicted octanol–water partition coefficient (Wildman–Crippen LogP) is 2.15. The van der Waals surface area contributed by atoms with Gasteiger partial charge in [-0.05, 0) is 18.7 Å². The van der Waals surface area contributed by atoms with Gasteiger partial charge in [0.15, 0.2) is 5.13 Å². The molecule has 0 unspecified atom stereocenters. The number of nitrogens with one attached hydrogen (secondary N) is 1. The lowest BCUT2D eigenvalue weighted by Crippen LogP contribution is -2.32. The van der Waals surface area contributed by atoms with Gasteiger partial charge < -0.3 is 5.32 Å². The van der Waals surface area contributed by atoms with Crippen LogP contribution in [0.4, 0.5) is 5.13 Å². The molecule has 0 saturated carbocycles. The van der Waals surface area contributed by atoms with Crippen LogP contribution in [0.15, 0.2) is 24.3 Å². The zero-order chi connectivity index (χ0) is 19.0. The van der Waals surface area contributed by atoms with E-state index in [9.17, 15) is 14.4 Å². The molecule has 0 atom stereocenters. The number of carbonyl (C=O) groups is 3. The van der Waals surface area contributed by atoms with Gasteiger partial charge in [-0.1, -0.05) is 19.1 Å². The molecule has 27 heavy (non-hydrogen) atoms. The number of benzene rings is 1. The Kier molecular flexibility index (Phi) is 4.75. The van der Waals surface area contributed by atoms with E-state index in [0.29, 0.717) is 16.3 Å². The first-order valence-electron chi connectivity index (χ1n) is 9.03. The van der Waals surface area contributed by atoms with Gasteiger partial charge in [-0.25, -0.2) is 4.98 Å². The smallest absolute Gasteiger partial charge is 0.261 e. The highest BCUT2D eigenvalue weighted by Crippen LogP contribution is 2.28. The van der Waals surface area contributed by atoms with Gasteiger partial charge in [0.2, 0.25) is 5.91 Å². The number of hydrogen-bond donors (Lipinski definition) is 1. The third-order valence-corrected chi connectivity index (χ3v) is 5.94. The summed E-state index contributed by atoms with van der Waals surface area (Å²) in [5.41, 5.74) is 1.85. The molecular formula is C19H20N4O3S. The number of likely N-dealkylation sites (N-methyl/N-ethyl adjacent to an activating group) is 1. The summed E-state index contributed by atoms with van der Waals surface area (Å²) >= 11 is 1.50. The van der Waals surface area contributed by atoms with E-state index < -0.39 is 0 Å². The van der Waals surface area contributed by atoms with Crippen LogP contribution >= 0.6 is 11.3 Å². The molecule has 2 aliphatic rings. The third kappa shape index (κ3) is 3.38. The van der Waals surface area contributed by atoms with Crippen LogP contribution in [-0.2, 0) is 17.8 Å². The molecule has 0 spiro atoms. The molecular weight excluding hydrogens is 364 g/mol. The molecule has 0 saturated heterocycles. The van der Waals surface area contributed by atoms with Crippen molar-refractivity contribution in [2.24, 2.45) is 0 Å². The Morgan fingerprint density at radius 3 is 2.59 bits per heavy atom. The van der Waals surface area contributed by atoms with Crippen LogP contribution < -0.4 is 5.32 Å². The second kappa shape index (κ2) is 7.21. The number of aromatic nitrogens is 1. The van der Waals surface area contributed by atoms with Crippen LogP contribution in [0.2, 0.25) is 0 Å². The summed E-state index contributed by atoms with van der Waals surface area (Å²) in [7, 11) is 0. The molecule has 2 aliphatic heterocycles. The van der Waals surface area contributed by atoms with Gasteiger partial charge in [-0.15, -0.1) is 11.3 Å². The molecule has 1 aromatic heterocycles. The molecule has 0 bridgehead atoms. The zero-order valence-electron chi connectivity index (χ0n) is 15.0. The maximum Gasteiger partial charge on any atom is 0.261 e. The largest absolute Gasteiger partial charge is 0.302 e. The van der Waals surface area contributed by atoms with E-state index in [1.165, 1.54) is 16.2 Å². The molecule has 3 amide bonds. The van der Waals surface area contributed by atoms with Gasteiger partial charge in [0.1, 0.15) is 0 Å². The fourth-order valence-corrected chi connectivity index (χ4v) is 4.48. The van der Waals surface area contributed by atoms with Crippen molar-refractivity contribution < 1.29 is 14.4 Å². The Balaban J connectivity index is 1.35. The Hall–Kier alpha value is -2.58. The van der Waals surface area contributed by atoms with Crippen LogP contribution in [0, 0.1) is 0 Å². The molecule has 0 aliphatic carbocycles. The fraction of sp³-hybridized carbons (Fsp3) is 0.368. The maximum absolute atomic E-state index is 12.3. The number of rotatable bonds is 5. The molecule has 1 N–H and O–H groups in total. The maximum atomic E-state index is 12.3. The van der Waals surface area contributed by atoms with Crippen molar-refractivity contribution in [3.8, 4) is 0 Å². The van der Waals surface area contributed by atoms with E-state index in [0.717, 1.165) is 36.6 Å². The van der Waals surface area contributed by atoms with E-state index in [1.807, 2.05) is 0 Å². The van der Waals surface area contributed by atoms with Gasteiger partial charge >= 0.3 is 0 Å². The minimum absolute atomic E-state index is 0.0524. The second-order valence-electron chi connectivity index (χ2n) is 6.61. The summed E-state index contributed by atoms with van der Waals surface area (Å²) in [5.74, 6) is -0.925. The number of nitrogens with zero attached hydrogens (tertiary/aromatic N) is 3. The molecule has 0 fully saturated rings. The molecule has 0 radical (unpaired) electrons. The van der Waals surface area contributed by atoms with Crippen LogP contribution in [0.1, 0.15) is 44.6 Å². The highest BCUT2D eigenvalue weighted by molar-refractivity contribution is 7.15. The predicted molar refractivity (Wildman–Crippen MR) is 102 cm³/mol. The zero-order valence-corrected chi connectivity index (χ0v) is 15.8. The number of carbonyl (C=O) groups excluding carboxylic acids is 3. The molecule has 1 aromatic carbocycles. The van der Waals surface area contributed by atoms with Crippen LogP contribution in [0.3, 0.4) is 0 Å². The molecule has 2 aromatic rings. The lowest BCUT2D eigenvalue weighted by atomic mass is 10.1. The summed E-state index contributed by atoms with van der Waals surface area (Å²) in [6.45, 7) is 5.05. The molecule has 4 rings (SSSR count). The normalized spacial score (nSPS) is 16.4. The number of amides is 3. The van der Waals surface area contributed by atoms with E-state index in [-0.39, 0.29) is 30.7 Å². The van der Waals surface area contributed by atoms with Crippen LogP contribution in [0.25, 0.3) is 0 Å². The highest BCUT2D eigenvalue weighted by Gasteiger charge is 2.35. The SMILES string of the molecule is CCN1CCc2nc(NC(=O)CCN3C(=O)c4ccccc4C3=O)sc2C1. The Bertz CT molecular complexity index is 888. The van der Waals surface area contributed by atoms with Crippen LogP contribution in [-0.4, -0.2) is 52.1 Å². The first-order valence-corrected chi connectivity index (χ1v) is 9.84. The van der Waals surface area contributed by atoms with Crippen molar-refractivity contribution >= 4 is 34.2 Å². The topological polar surface area (TPSA) is 82.6 Å². The summed E-state index contributed by atoms with van der Waals surface area (Å²) in [6.07, 6.45) is 0.946. The minimum Gasteiger partial charge on any atom is -0.302 e. The first kappa shape index (κ1) is 17.8. The molecule has 3 heterocycles. The Morgan fingerprint density at radius 2 is 1.93 bits per heavy atom. The van der Waals surface area contributed by atoms with Crippen molar-refractivity contribution in [2.75, 3.05) is 25.0 Å². The molecule has 7 nitrogen and oxygen atoms in total. The quantitative estimate of drug-likeness (QED) is 0.799. The Labute approximate surface area is 161 Å². The van der Waals surface area contributed by atoms with Crippen molar-refractivity contribution in [3.05, 3.63) is 46.0 Å². The third-order valence-electron chi connectivity index (χ3n) is 4.94.